The van der Waals surface area contributed by atoms with Gasteiger partial charge in [0.1, 0.15) is 0 Å². The van der Waals surface area contributed by atoms with Crippen LogP contribution in [0.1, 0.15) is 39.0 Å². The molecule has 0 saturated carbocycles. The van der Waals surface area contributed by atoms with Gasteiger partial charge in [-0.25, -0.2) is 0 Å². The highest BCUT2D eigenvalue weighted by molar-refractivity contribution is 5.15. The fourth-order valence-electron chi connectivity index (χ4n) is 1.85. The van der Waals surface area contributed by atoms with Gasteiger partial charge in [0.15, 0.2) is 0 Å². The molecule has 102 valence electrons. The molecular formula is C15H26N2O. The Balaban J connectivity index is 2.47. The molecular weight excluding hydrogens is 224 g/mol. The largest absolute Gasteiger partial charge is 0.388 e. The predicted molar refractivity (Wildman–Crippen MR) is 75.7 cm³/mol. The zero-order valence-corrected chi connectivity index (χ0v) is 12.0. The maximum atomic E-state index is 10.3. The SMILES string of the molecule is CCc1ccc(CC(C)(O)CNCC(C)C)nc1. The zero-order valence-electron chi connectivity index (χ0n) is 12.0. The third-order valence-corrected chi connectivity index (χ3v) is 2.91. The van der Waals surface area contributed by atoms with Gasteiger partial charge in [0, 0.05) is 24.9 Å². The van der Waals surface area contributed by atoms with Gasteiger partial charge in [0.05, 0.1) is 5.60 Å². The number of nitrogens with one attached hydrogen (secondary N) is 1. The molecule has 1 aromatic rings. The van der Waals surface area contributed by atoms with Crippen molar-refractivity contribution in [2.45, 2.75) is 46.1 Å². The molecule has 0 aliphatic heterocycles. The van der Waals surface area contributed by atoms with Gasteiger partial charge in [-0.05, 0) is 37.4 Å². The Kier molecular flexibility index (Phi) is 5.76. The van der Waals surface area contributed by atoms with E-state index in [1.807, 2.05) is 19.2 Å². The van der Waals surface area contributed by atoms with Crippen LogP contribution in [0.5, 0.6) is 0 Å². The van der Waals surface area contributed by atoms with Gasteiger partial charge in [0.25, 0.3) is 0 Å². The molecule has 18 heavy (non-hydrogen) atoms. The van der Waals surface area contributed by atoms with Crippen LogP contribution in [-0.4, -0.2) is 28.8 Å². The molecule has 1 atom stereocenters. The Morgan fingerprint density at radius 1 is 1.39 bits per heavy atom. The molecule has 3 nitrogen and oxygen atoms in total. The first-order chi connectivity index (χ1) is 8.43. The van der Waals surface area contributed by atoms with Gasteiger partial charge >= 0.3 is 0 Å². The summed E-state index contributed by atoms with van der Waals surface area (Å²) in [6.07, 6.45) is 3.48. The highest BCUT2D eigenvalue weighted by atomic mass is 16.3. The fourth-order valence-corrected chi connectivity index (χ4v) is 1.85. The number of hydrogen-bond acceptors (Lipinski definition) is 3. The summed E-state index contributed by atoms with van der Waals surface area (Å²) in [5.74, 6) is 0.600. The number of aromatic nitrogens is 1. The summed E-state index contributed by atoms with van der Waals surface area (Å²) in [6, 6.07) is 4.09. The number of aryl methyl sites for hydroxylation is 1. The highest BCUT2D eigenvalue weighted by Crippen LogP contribution is 2.11. The Morgan fingerprint density at radius 3 is 2.61 bits per heavy atom. The number of pyridine rings is 1. The van der Waals surface area contributed by atoms with E-state index in [4.69, 9.17) is 0 Å². The third-order valence-electron chi connectivity index (χ3n) is 2.91. The summed E-state index contributed by atoms with van der Waals surface area (Å²) in [4.78, 5) is 4.39. The van der Waals surface area contributed by atoms with Gasteiger partial charge in [-0.2, -0.15) is 0 Å². The average Bonchev–Trinajstić information content (AvgIpc) is 2.28. The van der Waals surface area contributed by atoms with E-state index in [0.717, 1.165) is 18.7 Å². The molecule has 0 bridgehead atoms. The lowest BCUT2D eigenvalue weighted by Crippen LogP contribution is -2.41. The van der Waals surface area contributed by atoms with E-state index in [2.05, 4.69) is 37.1 Å². The van der Waals surface area contributed by atoms with E-state index in [1.165, 1.54) is 5.56 Å². The van der Waals surface area contributed by atoms with Crippen molar-refractivity contribution in [1.29, 1.82) is 0 Å². The van der Waals surface area contributed by atoms with Gasteiger partial charge in [-0.1, -0.05) is 26.8 Å². The standard InChI is InChI=1S/C15H26N2O/c1-5-13-6-7-14(17-10-13)8-15(4,18)11-16-9-12(2)3/h6-7,10,12,16,18H,5,8-9,11H2,1-4H3. The monoisotopic (exact) mass is 250 g/mol. The van der Waals surface area contributed by atoms with Crippen molar-refractivity contribution in [2.24, 2.45) is 5.92 Å². The predicted octanol–water partition coefficient (Wildman–Crippen LogP) is 2.18. The molecule has 0 fully saturated rings. The first-order valence-corrected chi connectivity index (χ1v) is 6.80. The highest BCUT2D eigenvalue weighted by Gasteiger charge is 2.21. The first kappa shape index (κ1) is 15.1. The first-order valence-electron chi connectivity index (χ1n) is 6.80. The van der Waals surface area contributed by atoms with E-state index in [1.54, 1.807) is 0 Å². The third kappa shape index (κ3) is 5.61. The molecule has 0 spiro atoms. The molecule has 0 aliphatic carbocycles. The minimum atomic E-state index is -0.740. The number of aliphatic hydroxyl groups is 1. The van der Waals surface area contributed by atoms with Crippen LogP contribution < -0.4 is 5.32 Å². The second kappa shape index (κ2) is 6.86. The molecule has 3 heteroatoms. The van der Waals surface area contributed by atoms with E-state index in [-0.39, 0.29) is 0 Å². The van der Waals surface area contributed by atoms with Gasteiger partial charge in [0.2, 0.25) is 0 Å². The Hall–Kier alpha value is -0.930. The van der Waals surface area contributed by atoms with Crippen LogP contribution in [0.3, 0.4) is 0 Å². The van der Waals surface area contributed by atoms with E-state index in [0.29, 0.717) is 18.9 Å². The van der Waals surface area contributed by atoms with E-state index < -0.39 is 5.60 Å². The quantitative estimate of drug-likeness (QED) is 0.779. The summed E-state index contributed by atoms with van der Waals surface area (Å²) in [5, 5.41) is 13.6. The summed E-state index contributed by atoms with van der Waals surface area (Å²) >= 11 is 0. The van der Waals surface area contributed by atoms with Crippen LogP contribution in [0.2, 0.25) is 0 Å². The van der Waals surface area contributed by atoms with Crippen molar-refractivity contribution in [2.75, 3.05) is 13.1 Å². The van der Waals surface area contributed by atoms with Crippen LogP contribution in [0.4, 0.5) is 0 Å². The minimum Gasteiger partial charge on any atom is -0.388 e. The zero-order chi connectivity index (χ0) is 13.6. The summed E-state index contributed by atoms with van der Waals surface area (Å²) in [7, 11) is 0. The molecule has 0 radical (unpaired) electrons. The summed E-state index contributed by atoms with van der Waals surface area (Å²) in [5.41, 5.74) is 1.44. The van der Waals surface area contributed by atoms with Gasteiger partial charge < -0.3 is 10.4 Å². The second-order valence-corrected chi connectivity index (χ2v) is 5.71. The van der Waals surface area contributed by atoms with E-state index >= 15 is 0 Å². The van der Waals surface area contributed by atoms with Gasteiger partial charge in [-0.15, -0.1) is 0 Å². The lowest BCUT2D eigenvalue weighted by Gasteiger charge is -2.24. The fraction of sp³-hybridized carbons (Fsp3) is 0.667. The molecule has 2 N–H and O–H groups in total. The topological polar surface area (TPSA) is 45.1 Å². The van der Waals surface area contributed by atoms with Crippen LogP contribution in [0.25, 0.3) is 0 Å². The van der Waals surface area contributed by atoms with Crippen molar-refractivity contribution in [3.8, 4) is 0 Å². The van der Waals surface area contributed by atoms with Gasteiger partial charge in [-0.3, -0.25) is 4.98 Å². The molecule has 1 unspecified atom stereocenters. The van der Waals surface area contributed by atoms with Crippen molar-refractivity contribution in [1.82, 2.24) is 10.3 Å². The molecule has 0 amide bonds. The molecule has 1 rings (SSSR count). The van der Waals surface area contributed by atoms with Crippen LogP contribution in [0, 0.1) is 5.92 Å². The Morgan fingerprint density at radius 2 is 2.11 bits per heavy atom. The van der Waals surface area contributed by atoms with Crippen molar-refractivity contribution in [3.63, 3.8) is 0 Å². The molecule has 0 aromatic carbocycles. The average molecular weight is 250 g/mol. The Labute approximate surface area is 111 Å². The Bertz CT molecular complexity index is 344. The van der Waals surface area contributed by atoms with Crippen LogP contribution in [0.15, 0.2) is 18.3 Å². The van der Waals surface area contributed by atoms with Crippen LogP contribution >= 0.6 is 0 Å². The normalized spacial score (nSPS) is 14.8. The van der Waals surface area contributed by atoms with Crippen molar-refractivity contribution in [3.05, 3.63) is 29.6 Å². The minimum absolute atomic E-state index is 0.585. The smallest absolute Gasteiger partial charge is 0.0798 e. The van der Waals surface area contributed by atoms with Crippen molar-refractivity contribution < 1.29 is 5.11 Å². The van der Waals surface area contributed by atoms with E-state index in [9.17, 15) is 5.11 Å². The van der Waals surface area contributed by atoms with Crippen LogP contribution in [-0.2, 0) is 12.8 Å². The lowest BCUT2D eigenvalue weighted by atomic mass is 9.99. The number of rotatable bonds is 7. The molecule has 1 aromatic heterocycles. The number of nitrogens with zero attached hydrogens (tertiary/aromatic N) is 1. The summed E-state index contributed by atoms with van der Waals surface area (Å²) < 4.78 is 0. The number of hydrogen-bond donors (Lipinski definition) is 2. The molecule has 0 aliphatic rings. The molecule has 1 heterocycles. The molecule has 0 saturated heterocycles. The second-order valence-electron chi connectivity index (χ2n) is 5.71. The lowest BCUT2D eigenvalue weighted by molar-refractivity contribution is 0.0586. The maximum absolute atomic E-state index is 10.3. The maximum Gasteiger partial charge on any atom is 0.0798 e. The van der Waals surface area contributed by atoms with Crippen molar-refractivity contribution >= 4 is 0 Å². The summed E-state index contributed by atoms with van der Waals surface area (Å²) in [6.45, 7) is 9.82.